The van der Waals surface area contributed by atoms with Gasteiger partial charge in [-0.2, -0.15) is 0 Å². The molecule has 1 heterocycles. The van der Waals surface area contributed by atoms with E-state index in [1.807, 2.05) is 12.3 Å². The number of nitrogens with one attached hydrogen (secondary N) is 1. The molecule has 2 rings (SSSR count). The van der Waals surface area contributed by atoms with Crippen molar-refractivity contribution in [3.05, 3.63) is 30.1 Å². The van der Waals surface area contributed by atoms with Gasteiger partial charge in [0.25, 0.3) is 0 Å². The zero-order valence-corrected chi connectivity index (χ0v) is 11.0. The summed E-state index contributed by atoms with van der Waals surface area (Å²) in [5, 5.41) is 3.58. The predicted molar refractivity (Wildman–Crippen MR) is 71.9 cm³/mol. The number of pyridine rings is 1. The Morgan fingerprint density at radius 3 is 2.71 bits per heavy atom. The van der Waals surface area contributed by atoms with Gasteiger partial charge in [0.1, 0.15) is 0 Å². The van der Waals surface area contributed by atoms with Crippen LogP contribution in [0.25, 0.3) is 0 Å². The number of hydrogen-bond acceptors (Lipinski definition) is 2. The summed E-state index contributed by atoms with van der Waals surface area (Å²) < 4.78 is 0. The Morgan fingerprint density at radius 1 is 1.29 bits per heavy atom. The summed E-state index contributed by atoms with van der Waals surface area (Å²) in [6.45, 7) is 6.86. The van der Waals surface area contributed by atoms with Crippen molar-refractivity contribution in [3.63, 3.8) is 0 Å². The molecule has 94 valence electrons. The fraction of sp³-hybridized carbons (Fsp3) is 0.667. The lowest BCUT2D eigenvalue weighted by Crippen LogP contribution is -2.37. The Kier molecular flexibility index (Phi) is 4.55. The van der Waals surface area contributed by atoms with Crippen molar-refractivity contribution in [1.82, 2.24) is 10.3 Å². The van der Waals surface area contributed by atoms with E-state index in [0.29, 0.717) is 0 Å². The second-order valence-corrected chi connectivity index (χ2v) is 5.67. The van der Waals surface area contributed by atoms with Crippen molar-refractivity contribution >= 4 is 0 Å². The minimum Gasteiger partial charge on any atom is -0.316 e. The molecule has 1 aliphatic carbocycles. The van der Waals surface area contributed by atoms with E-state index >= 15 is 0 Å². The van der Waals surface area contributed by atoms with Crippen LogP contribution in [0.4, 0.5) is 0 Å². The summed E-state index contributed by atoms with van der Waals surface area (Å²) >= 11 is 0. The predicted octanol–water partition coefficient (Wildman–Crippen LogP) is 2.90. The van der Waals surface area contributed by atoms with Gasteiger partial charge in [0, 0.05) is 11.9 Å². The Labute approximate surface area is 105 Å². The van der Waals surface area contributed by atoms with E-state index in [1.165, 1.54) is 25.1 Å². The van der Waals surface area contributed by atoms with E-state index in [1.54, 1.807) is 0 Å². The molecule has 0 aliphatic heterocycles. The maximum atomic E-state index is 4.42. The molecule has 1 aromatic rings. The number of aromatic nitrogens is 1. The molecule has 0 amide bonds. The Bertz CT molecular complexity index is 321. The first kappa shape index (κ1) is 12.6. The Hall–Kier alpha value is -0.890. The van der Waals surface area contributed by atoms with Crippen molar-refractivity contribution in [3.8, 4) is 0 Å². The second-order valence-electron chi connectivity index (χ2n) is 5.67. The van der Waals surface area contributed by atoms with Crippen LogP contribution in [0.15, 0.2) is 24.4 Å². The van der Waals surface area contributed by atoms with Crippen molar-refractivity contribution in [2.45, 2.75) is 33.1 Å². The molecule has 1 saturated carbocycles. The van der Waals surface area contributed by atoms with Crippen LogP contribution >= 0.6 is 0 Å². The monoisotopic (exact) mass is 232 g/mol. The maximum absolute atomic E-state index is 4.42. The highest BCUT2D eigenvalue weighted by Gasteiger charge is 2.30. The van der Waals surface area contributed by atoms with Gasteiger partial charge in [0.2, 0.25) is 0 Å². The highest BCUT2D eigenvalue weighted by atomic mass is 14.9. The van der Waals surface area contributed by atoms with Crippen LogP contribution in [0.2, 0.25) is 0 Å². The van der Waals surface area contributed by atoms with E-state index in [9.17, 15) is 0 Å². The average Bonchev–Trinajstić information content (AvgIpc) is 2.31. The zero-order chi connectivity index (χ0) is 12.1. The molecule has 0 bridgehead atoms. The van der Waals surface area contributed by atoms with Crippen molar-refractivity contribution < 1.29 is 0 Å². The topological polar surface area (TPSA) is 24.9 Å². The van der Waals surface area contributed by atoms with Gasteiger partial charge >= 0.3 is 0 Å². The van der Waals surface area contributed by atoms with E-state index in [2.05, 4.69) is 36.3 Å². The van der Waals surface area contributed by atoms with Crippen molar-refractivity contribution in [2.75, 3.05) is 13.1 Å². The maximum Gasteiger partial charge on any atom is 0.0406 e. The first-order valence-electron chi connectivity index (χ1n) is 6.86. The fourth-order valence-corrected chi connectivity index (χ4v) is 2.52. The van der Waals surface area contributed by atoms with Crippen molar-refractivity contribution in [2.24, 2.45) is 17.8 Å². The standard InChI is InChI=1S/C15H24N2/c1-12(2)10-16-11-14-7-6-13(14)9-15-5-3-4-8-17-15/h3-5,8,12-14,16H,6-7,9-11H2,1-2H3. The highest BCUT2D eigenvalue weighted by Crippen LogP contribution is 2.35. The molecule has 2 atom stereocenters. The number of hydrogen-bond donors (Lipinski definition) is 1. The van der Waals surface area contributed by atoms with E-state index in [4.69, 9.17) is 0 Å². The molecule has 1 fully saturated rings. The molecule has 2 heteroatoms. The van der Waals surface area contributed by atoms with E-state index in [0.717, 1.165) is 30.7 Å². The molecule has 1 aliphatic rings. The molecule has 0 saturated heterocycles. The summed E-state index contributed by atoms with van der Waals surface area (Å²) in [4.78, 5) is 4.42. The number of nitrogens with zero attached hydrogens (tertiary/aromatic N) is 1. The molecule has 0 spiro atoms. The highest BCUT2D eigenvalue weighted by molar-refractivity contribution is 5.05. The average molecular weight is 232 g/mol. The molecule has 2 unspecified atom stereocenters. The lowest BCUT2D eigenvalue weighted by Gasteiger charge is -2.37. The first-order valence-corrected chi connectivity index (χ1v) is 6.86. The SMILES string of the molecule is CC(C)CNCC1CCC1Cc1ccccn1. The van der Waals surface area contributed by atoms with Gasteiger partial charge in [0.05, 0.1) is 0 Å². The molecule has 1 N–H and O–H groups in total. The van der Waals surface area contributed by atoms with Crippen LogP contribution < -0.4 is 5.32 Å². The van der Waals surface area contributed by atoms with Crippen LogP contribution in [-0.2, 0) is 6.42 Å². The van der Waals surface area contributed by atoms with Crippen LogP contribution in [0.1, 0.15) is 32.4 Å². The van der Waals surface area contributed by atoms with Gasteiger partial charge in [-0.25, -0.2) is 0 Å². The van der Waals surface area contributed by atoms with Crippen LogP contribution in [0, 0.1) is 17.8 Å². The minimum absolute atomic E-state index is 0.754. The third-order valence-electron chi connectivity index (χ3n) is 3.73. The summed E-state index contributed by atoms with van der Waals surface area (Å²) in [6, 6.07) is 6.23. The van der Waals surface area contributed by atoms with Crippen LogP contribution in [0.3, 0.4) is 0 Å². The van der Waals surface area contributed by atoms with Gasteiger partial charge in [-0.15, -0.1) is 0 Å². The fourth-order valence-electron chi connectivity index (χ4n) is 2.52. The van der Waals surface area contributed by atoms with Gasteiger partial charge in [-0.05, 0) is 62.2 Å². The van der Waals surface area contributed by atoms with E-state index in [-0.39, 0.29) is 0 Å². The third kappa shape index (κ3) is 3.81. The van der Waals surface area contributed by atoms with Crippen molar-refractivity contribution in [1.29, 1.82) is 0 Å². The Balaban J connectivity index is 1.72. The third-order valence-corrected chi connectivity index (χ3v) is 3.73. The summed E-state index contributed by atoms with van der Waals surface area (Å²) in [7, 11) is 0. The van der Waals surface area contributed by atoms with Gasteiger partial charge < -0.3 is 5.32 Å². The zero-order valence-electron chi connectivity index (χ0n) is 11.0. The normalized spacial score (nSPS) is 23.7. The lowest BCUT2D eigenvalue weighted by atomic mass is 9.71. The van der Waals surface area contributed by atoms with Gasteiger partial charge in [-0.3, -0.25) is 4.98 Å². The molecule has 2 nitrogen and oxygen atoms in total. The summed E-state index contributed by atoms with van der Waals surface area (Å²) in [5.74, 6) is 2.48. The quantitative estimate of drug-likeness (QED) is 0.815. The van der Waals surface area contributed by atoms with Crippen LogP contribution in [-0.4, -0.2) is 18.1 Å². The first-order chi connectivity index (χ1) is 8.25. The van der Waals surface area contributed by atoms with Gasteiger partial charge in [0.15, 0.2) is 0 Å². The molecule has 0 aromatic carbocycles. The Morgan fingerprint density at radius 2 is 2.12 bits per heavy atom. The minimum atomic E-state index is 0.754. The molecular formula is C15H24N2. The van der Waals surface area contributed by atoms with E-state index < -0.39 is 0 Å². The largest absolute Gasteiger partial charge is 0.316 e. The van der Waals surface area contributed by atoms with Crippen LogP contribution in [0.5, 0.6) is 0 Å². The number of rotatable bonds is 6. The molecule has 0 radical (unpaired) electrons. The molecular weight excluding hydrogens is 208 g/mol. The molecule has 17 heavy (non-hydrogen) atoms. The molecule has 1 aromatic heterocycles. The second kappa shape index (κ2) is 6.15. The lowest BCUT2D eigenvalue weighted by molar-refractivity contribution is 0.168. The summed E-state index contributed by atoms with van der Waals surface area (Å²) in [5.41, 5.74) is 1.26. The smallest absolute Gasteiger partial charge is 0.0406 e. The van der Waals surface area contributed by atoms with Gasteiger partial charge in [-0.1, -0.05) is 19.9 Å². The summed E-state index contributed by atoms with van der Waals surface area (Å²) in [6.07, 6.45) is 5.84.